The Morgan fingerprint density at radius 2 is 2.16 bits per heavy atom. The SMILES string of the molecule is CCN(Cc1cccs1)C(=O)c1ccc(C)cc1N. The van der Waals surface area contributed by atoms with Gasteiger partial charge in [0.1, 0.15) is 0 Å². The number of hydrogen-bond donors (Lipinski definition) is 1. The molecule has 2 N–H and O–H groups in total. The number of rotatable bonds is 4. The van der Waals surface area contributed by atoms with Gasteiger partial charge in [0.05, 0.1) is 12.1 Å². The molecule has 3 nitrogen and oxygen atoms in total. The Kier molecular flexibility index (Phi) is 4.22. The zero-order chi connectivity index (χ0) is 13.8. The van der Waals surface area contributed by atoms with Gasteiger partial charge in [0.15, 0.2) is 0 Å². The molecule has 2 aromatic rings. The number of nitrogen functional groups attached to an aromatic ring is 1. The predicted octanol–water partition coefficient (Wildman–Crippen LogP) is 3.30. The molecule has 0 bridgehead atoms. The fourth-order valence-electron chi connectivity index (χ4n) is 1.97. The third kappa shape index (κ3) is 3.15. The van der Waals surface area contributed by atoms with Crippen molar-refractivity contribution in [1.29, 1.82) is 0 Å². The summed E-state index contributed by atoms with van der Waals surface area (Å²) in [5, 5.41) is 2.02. The van der Waals surface area contributed by atoms with Gasteiger partial charge in [-0.3, -0.25) is 4.79 Å². The second-order valence-corrected chi connectivity index (χ2v) is 5.52. The summed E-state index contributed by atoms with van der Waals surface area (Å²) in [6, 6.07) is 9.61. The summed E-state index contributed by atoms with van der Waals surface area (Å²) >= 11 is 1.66. The van der Waals surface area contributed by atoms with Gasteiger partial charge in [-0.25, -0.2) is 0 Å². The number of benzene rings is 1. The van der Waals surface area contributed by atoms with E-state index >= 15 is 0 Å². The van der Waals surface area contributed by atoms with E-state index in [2.05, 4.69) is 0 Å². The standard InChI is InChI=1S/C15H18N2OS/c1-3-17(10-12-5-4-8-19-12)15(18)13-7-6-11(2)9-14(13)16/h4-9H,3,10,16H2,1-2H3. The normalized spacial score (nSPS) is 10.4. The van der Waals surface area contributed by atoms with Crippen LogP contribution >= 0.6 is 11.3 Å². The molecule has 0 atom stereocenters. The van der Waals surface area contributed by atoms with Crippen LogP contribution in [0.5, 0.6) is 0 Å². The summed E-state index contributed by atoms with van der Waals surface area (Å²) < 4.78 is 0. The summed E-state index contributed by atoms with van der Waals surface area (Å²) in [6.07, 6.45) is 0. The van der Waals surface area contributed by atoms with Gasteiger partial charge >= 0.3 is 0 Å². The highest BCUT2D eigenvalue weighted by Crippen LogP contribution is 2.19. The van der Waals surface area contributed by atoms with E-state index in [9.17, 15) is 4.79 Å². The molecule has 0 aliphatic heterocycles. The number of nitrogens with two attached hydrogens (primary N) is 1. The van der Waals surface area contributed by atoms with E-state index < -0.39 is 0 Å². The Bertz CT molecular complexity index is 564. The number of anilines is 1. The fourth-order valence-corrected chi connectivity index (χ4v) is 2.68. The van der Waals surface area contributed by atoms with Crippen molar-refractivity contribution in [2.24, 2.45) is 0 Å². The molecule has 0 aliphatic rings. The van der Waals surface area contributed by atoms with E-state index in [1.807, 2.05) is 54.5 Å². The molecule has 0 saturated carbocycles. The lowest BCUT2D eigenvalue weighted by Crippen LogP contribution is -2.30. The molecular formula is C15H18N2OS. The van der Waals surface area contributed by atoms with Crippen LogP contribution in [0.3, 0.4) is 0 Å². The molecule has 0 saturated heterocycles. The van der Waals surface area contributed by atoms with Gasteiger partial charge < -0.3 is 10.6 Å². The number of hydrogen-bond acceptors (Lipinski definition) is 3. The lowest BCUT2D eigenvalue weighted by molar-refractivity contribution is 0.0755. The topological polar surface area (TPSA) is 46.3 Å². The van der Waals surface area contributed by atoms with Crippen molar-refractivity contribution in [2.45, 2.75) is 20.4 Å². The second-order valence-electron chi connectivity index (χ2n) is 4.49. The maximum absolute atomic E-state index is 12.5. The molecule has 0 fully saturated rings. The molecule has 4 heteroatoms. The summed E-state index contributed by atoms with van der Waals surface area (Å²) in [5.74, 6) is -0.00611. The molecule has 19 heavy (non-hydrogen) atoms. The van der Waals surface area contributed by atoms with Crippen molar-refractivity contribution in [1.82, 2.24) is 4.90 Å². The molecule has 1 aromatic carbocycles. The first-order valence-corrected chi connectivity index (χ1v) is 7.17. The average Bonchev–Trinajstić information content (AvgIpc) is 2.88. The van der Waals surface area contributed by atoms with E-state index in [1.165, 1.54) is 4.88 Å². The van der Waals surface area contributed by atoms with Crippen LogP contribution in [0.15, 0.2) is 35.7 Å². The van der Waals surface area contributed by atoms with Gasteiger partial charge in [-0.15, -0.1) is 11.3 Å². The Balaban J connectivity index is 2.20. The molecule has 1 heterocycles. The smallest absolute Gasteiger partial charge is 0.256 e. The summed E-state index contributed by atoms with van der Waals surface area (Å²) in [4.78, 5) is 15.5. The average molecular weight is 274 g/mol. The van der Waals surface area contributed by atoms with Crippen molar-refractivity contribution >= 4 is 22.9 Å². The van der Waals surface area contributed by atoms with Crippen LogP contribution in [0, 0.1) is 6.92 Å². The molecule has 0 aliphatic carbocycles. The maximum atomic E-state index is 12.5. The minimum absolute atomic E-state index is 0.00611. The van der Waals surface area contributed by atoms with E-state index in [4.69, 9.17) is 5.73 Å². The molecule has 1 aromatic heterocycles. The number of carbonyl (C=O) groups excluding carboxylic acids is 1. The highest BCUT2D eigenvalue weighted by Gasteiger charge is 2.17. The Hall–Kier alpha value is -1.81. The van der Waals surface area contributed by atoms with Gasteiger partial charge in [0, 0.05) is 17.1 Å². The first-order valence-electron chi connectivity index (χ1n) is 6.29. The van der Waals surface area contributed by atoms with Crippen molar-refractivity contribution in [2.75, 3.05) is 12.3 Å². The number of nitrogens with zero attached hydrogens (tertiary/aromatic N) is 1. The number of thiophene rings is 1. The first kappa shape index (κ1) is 13.6. The number of amides is 1. The first-order chi connectivity index (χ1) is 9.11. The van der Waals surface area contributed by atoms with E-state index in [0.717, 1.165) is 5.56 Å². The molecule has 2 rings (SSSR count). The highest BCUT2D eigenvalue weighted by molar-refractivity contribution is 7.09. The largest absolute Gasteiger partial charge is 0.398 e. The molecule has 0 spiro atoms. The lowest BCUT2D eigenvalue weighted by atomic mass is 10.1. The molecule has 100 valence electrons. The number of aryl methyl sites for hydroxylation is 1. The summed E-state index contributed by atoms with van der Waals surface area (Å²) in [7, 11) is 0. The van der Waals surface area contributed by atoms with Gasteiger partial charge in [-0.2, -0.15) is 0 Å². The van der Waals surface area contributed by atoms with Gasteiger partial charge in [-0.1, -0.05) is 12.1 Å². The van der Waals surface area contributed by atoms with Crippen molar-refractivity contribution in [3.05, 3.63) is 51.7 Å². The van der Waals surface area contributed by atoms with Crippen molar-refractivity contribution < 1.29 is 4.79 Å². The van der Waals surface area contributed by atoms with Gasteiger partial charge in [-0.05, 0) is 43.0 Å². The minimum Gasteiger partial charge on any atom is -0.398 e. The zero-order valence-corrected chi connectivity index (χ0v) is 12.0. The lowest BCUT2D eigenvalue weighted by Gasteiger charge is -2.21. The van der Waals surface area contributed by atoms with E-state index in [-0.39, 0.29) is 5.91 Å². The predicted molar refractivity (Wildman–Crippen MR) is 80.3 cm³/mol. The molecule has 0 radical (unpaired) electrons. The van der Waals surface area contributed by atoms with E-state index in [0.29, 0.717) is 24.3 Å². The van der Waals surface area contributed by atoms with Gasteiger partial charge in [0.2, 0.25) is 0 Å². The Morgan fingerprint density at radius 3 is 2.74 bits per heavy atom. The highest BCUT2D eigenvalue weighted by atomic mass is 32.1. The molecule has 1 amide bonds. The minimum atomic E-state index is -0.00611. The van der Waals surface area contributed by atoms with Crippen LogP contribution in [0.1, 0.15) is 27.7 Å². The van der Waals surface area contributed by atoms with Crippen LogP contribution < -0.4 is 5.73 Å². The number of carbonyl (C=O) groups is 1. The van der Waals surface area contributed by atoms with Crippen LogP contribution in [0.2, 0.25) is 0 Å². The third-order valence-electron chi connectivity index (χ3n) is 3.03. The van der Waals surface area contributed by atoms with Crippen LogP contribution in [0.25, 0.3) is 0 Å². The zero-order valence-electron chi connectivity index (χ0n) is 11.2. The second kappa shape index (κ2) is 5.89. The monoisotopic (exact) mass is 274 g/mol. The summed E-state index contributed by atoms with van der Waals surface area (Å²) in [6.45, 7) is 5.26. The maximum Gasteiger partial charge on any atom is 0.256 e. The quantitative estimate of drug-likeness (QED) is 0.869. The Labute approximate surface area is 117 Å². The summed E-state index contributed by atoms with van der Waals surface area (Å²) in [5.41, 5.74) is 8.15. The van der Waals surface area contributed by atoms with Crippen molar-refractivity contribution in [3.63, 3.8) is 0 Å². The molecular weight excluding hydrogens is 256 g/mol. The van der Waals surface area contributed by atoms with Crippen molar-refractivity contribution in [3.8, 4) is 0 Å². The third-order valence-corrected chi connectivity index (χ3v) is 3.89. The van der Waals surface area contributed by atoms with Gasteiger partial charge in [0.25, 0.3) is 5.91 Å². The van der Waals surface area contributed by atoms with Crippen LogP contribution in [-0.4, -0.2) is 17.4 Å². The molecule has 0 unspecified atom stereocenters. The van der Waals surface area contributed by atoms with Crippen LogP contribution in [-0.2, 0) is 6.54 Å². The fraction of sp³-hybridized carbons (Fsp3) is 0.267. The van der Waals surface area contributed by atoms with Crippen LogP contribution in [0.4, 0.5) is 5.69 Å². The van der Waals surface area contributed by atoms with E-state index in [1.54, 1.807) is 11.3 Å². The Morgan fingerprint density at radius 1 is 1.37 bits per heavy atom.